The molecular formula is C16H21F2N. The zero-order valence-electron chi connectivity index (χ0n) is 11.4. The molecule has 1 aromatic carbocycles. The quantitative estimate of drug-likeness (QED) is 0.773. The summed E-state index contributed by atoms with van der Waals surface area (Å²) in [5.41, 5.74) is 2.03. The molecule has 1 nitrogen and oxygen atoms in total. The largest absolute Gasteiger partial charge is 0.310 e. The zero-order chi connectivity index (χ0) is 13.7. The molecule has 19 heavy (non-hydrogen) atoms. The molecule has 0 spiro atoms. The molecule has 0 fully saturated rings. The van der Waals surface area contributed by atoms with Gasteiger partial charge >= 0.3 is 0 Å². The van der Waals surface area contributed by atoms with Gasteiger partial charge in [-0.1, -0.05) is 17.7 Å². The lowest BCUT2D eigenvalue weighted by Gasteiger charge is -2.17. The van der Waals surface area contributed by atoms with Gasteiger partial charge in [0.05, 0.1) is 0 Å². The maximum absolute atomic E-state index is 13.6. The molecular weight excluding hydrogens is 244 g/mol. The molecule has 1 aliphatic rings. The minimum atomic E-state index is -0.527. The van der Waals surface area contributed by atoms with E-state index in [1.807, 2.05) is 6.92 Å². The number of nitrogens with one attached hydrogen (secondary N) is 1. The minimum absolute atomic E-state index is 0.0928. The molecule has 0 amide bonds. The average Bonchev–Trinajstić information content (AvgIpc) is 2.39. The van der Waals surface area contributed by atoms with Gasteiger partial charge in [0.1, 0.15) is 11.6 Å². The van der Waals surface area contributed by atoms with Crippen LogP contribution in [0, 0.1) is 11.6 Å². The number of hydrogen-bond acceptors (Lipinski definition) is 1. The molecule has 0 saturated heterocycles. The fraction of sp³-hybridized carbons (Fsp3) is 0.500. The summed E-state index contributed by atoms with van der Waals surface area (Å²) in [6.07, 6.45) is 8.32. The molecule has 104 valence electrons. The van der Waals surface area contributed by atoms with Gasteiger partial charge < -0.3 is 5.32 Å². The molecule has 0 radical (unpaired) electrons. The van der Waals surface area contributed by atoms with Gasteiger partial charge in [-0.3, -0.25) is 0 Å². The third-order valence-corrected chi connectivity index (χ3v) is 3.71. The van der Waals surface area contributed by atoms with Crippen molar-refractivity contribution in [1.82, 2.24) is 5.32 Å². The van der Waals surface area contributed by atoms with Crippen LogP contribution in [0.15, 0.2) is 29.8 Å². The molecule has 1 aromatic rings. The third kappa shape index (κ3) is 4.13. The summed E-state index contributed by atoms with van der Waals surface area (Å²) in [6, 6.07) is 3.67. The standard InChI is InChI=1S/C16H21F2N/c1-12(15-8-7-14(17)11-16(15)18)19-10-9-13-5-3-2-4-6-13/h5,7-8,11-12,19H,2-4,6,9-10H2,1H3. The van der Waals surface area contributed by atoms with Crippen LogP contribution in [0.2, 0.25) is 0 Å². The topological polar surface area (TPSA) is 12.0 Å². The van der Waals surface area contributed by atoms with E-state index < -0.39 is 11.6 Å². The Balaban J connectivity index is 1.83. The van der Waals surface area contributed by atoms with E-state index in [9.17, 15) is 8.78 Å². The molecule has 2 rings (SSSR count). The predicted octanol–water partition coefficient (Wildman–Crippen LogP) is 4.51. The molecule has 0 aliphatic heterocycles. The van der Waals surface area contributed by atoms with Crippen molar-refractivity contribution in [2.24, 2.45) is 0 Å². The Morgan fingerprint density at radius 3 is 2.79 bits per heavy atom. The van der Waals surface area contributed by atoms with Crippen molar-refractivity contribution >= 4 is 0 Å². The molecule has 1 atom stereocenters. The molecule has 0 aromatic heterocycles. The fourth-order valence-corrected chi connectivity index (χ4v) is 2.54. The lowest BCUT2D eigenvalue weighted by atomic mass is 9.97. The van der Waals surface area contributed by atoms with Gasteiger partial charge in [0.25, 0.3) is 0 Å². The van der Waals surface area contributed by atoms with Crippen molar-refractivity contribution < 1.29 is 8.78 Å². The Kier molecular flexibility index (Phi) is 5.08. The average molecular weight is 265 g/mol. The number of hydrogen-bond donors (Lipinski definition) is 1. The predicted molar refractivity (Wildman–Crippen MR) is 73.9 cm³/mol. The first-order valence-corrected chi connectivity index (χ1v) is 7.03. The van der Waals surface area contributed by atoms with Crippen LogP contribution in [0.1, 0.15) is 50.6 Å². The van der Waals surface area contributed by atoms with Gasteiger partial charge in [-0.25, -0.2) is 8.78 Å². The second-order valence-corrected chi connectivity index (χ2v) is 5.20. The Morgan fingerprint density at radius 2 is 2.11 bits per heavy atom. The first kappa shape index (κ1) is 14.2. The van der Waals surface area contributed by atoms with Crippen LogP contribution in [-0.4, -0.2) is 6.54 Å². The molecule has 3 heteroatoms. The highest BCUT2D eigenvalue weighted by Gasteiger charge is 2.11. The lowest BCUT2D eigenvalue weighted by Crippen LogP contribution is -2.21. The van der Waals surface area contributed by atoms with Crippen LogP contribution < -0.4 is 5.32 Å². The van der Waals surface area contributed by atoms with Gasteiger partial charge in [0.15, 0.2) is 0 Å². The van der Waals surface area contributed by atoms with Gasteiger partial charge in [-0.05, 0) is 51.6 Å². The smallest absolute Gasteiger partial charge is 0.130 e. The zero-order valence-corrected chi connectivity index (χ0v) is 11.4. The van der Waals surface area contributed by atoms with Crippen LogP contribution in [-0.2, 0) is 0 Å². The summed E-state index contributed by atoms with van der Waals surface area (Å²) < 4.78 is 26.4. The van der Waals surface area contributed by atoms with E-state index in [-0.39, 0.29) is 6.04 Å². The van der Waals surface area contributed by atoms with Crippen LogP contribution in [0.4, 0.5) is 8.78 Å². The van der Waals surface area contributed by atoms with E-state index in [4.69, 9.17) is 0 Å². The molecule has 1 unspecified atom stereocenters. The Morgan fingerprint density at radius 1 is 1.26 bits per heavy atom. The van der Waals surface area contributed by atoms with Crippen molar-refractivity contribution in [2.45, 2.75) is 45.1 Å². The first-order valence-electron chi connectivity index (χ1n) is 7.03. The monoisotopic (exact) mass is 265 g/mol. The van der Waals surface area contributed by atoms with Gasteiger partial charge in [0, 0.05) is 17.7 Å². The van der Waals surface area contributed by atoms with Crippen LogP contribution in [0.3, 0.4) is 0 Å². The second kappa shape index (κ2) is 6.80. The third-order valence-electron chi connectivity index (χ3n) is 3.71. The SMILES string of the molecule is CC(NCCC1=CCCCC1)c1ccc(F)cc1F. The normalized spacial score (nSPS) is 17.1. The number of allylic oxidation sites excluding steroid dienone is 1. The van der Waals surface area contributed by atoms with E-state index in [1.165, 1.54) is 43.4 Å². The Hall–Kier alpha value is -1.22. The summed E-state index contributed by atoms with van der Waals surface area (Å²) in [5, 5.41) is 3.30. The van der Waals surface area contributed by atoms with E-state index >= 15 is 0 Å². The van der Waals surface area contributed by atoms with Crippen molar-refractivity contribution in [1.29, 1.82) is 0 Å². The number of rotatable bonds is 5. The van der Waals surface area contributed by atoms with E-state index in [0.29, 0.717) is 5.56 Å². The lowest BCUT2D eigenvalue weighted by molar-refractivity contribution is 0.516. The highest BCUT2D eigenvalue weighted by molar-refractivity contribution is 5.21. The molecule has 1 aliphatic carbocycles. The second-order valence-electron chi connectivity index (χ2n) is 5.20. The summed E-state index contributed by atoms with van der Waals surface area (Å²) in [7, 11) is 0. The Bertz CT molecular complexity index is 454. The summed E-state index contributed by atoms with van der Waals surface area (Å²) in [5.74, 6) is -1.00. The van der Waals surface area contributed by atoms with E-state index in [0.717, 1.165) is 19.0 Å². The molecule has 0 bridgehead atoms. The molecule has 0 saturated carbocycles. The fourth-order valence-electron chi connectivity index (χ4n) is 2.54. The van der Waals surface area contributed by atoms with E-state index in [1.54, 1.807) is 0 Å². The minimum Gasteiger partial charge on any atom is -0.310 e. The summed E-state index contributed by atoms with van der Waals surface area (Å²) >= 11 is 0. The molecule has 1 N–H and O–H groups in total. The van der Waals surface area contributed by atoms with Gasteiger partial charge in [0.2, 0.25) is 0 Å². The van der Waals surface area contributed by atoms with Crippen molar-refractivity contribution in [3.8, 4) is 0 Å². The van der Waals surface area contributed by atoms with Crippen LogP contribution >= 0.6 is 0 Å². The summed E-state index contributed by atoms with van der Waals surface area (Å²) in [4.78, 5) is 0. The number of halogens is 2. The maximum Gasteiger partial charge on any atom is 0.130 e. The highest BCUT2D eigenvalue weighted by Crippen LogP contribution is 2.21. The summed E-state index contributed by atoms with van der Waals surface area (Å²) in [6.45, 7) is 2.75. The van der Waals surface area contributed by atoms with Gasteiger partial charge in [-0.2, -0.15) is 0 Å². The van der Waals surface area contributed by atoms with Crippen molar-refractivity contribution in [2.75, 3.05) is 6.54 Å². The van der Waals surface area contributed by atoms with Crippen molar-refractivity contribution in [3.63, 3.8) is 0 Å². The first-order chi connectivity index (χ1) is 9.16. The van der Waals surface area contributed by atoms with Crippen molar-refractivity contribution in [3.05, 3.63) is 47.0 Å². The van der Waals surface area contributed by atoms with Gasteiger partial charge in [-0.15, -0.1) is 0 Å². The number of benzene rings is 1. The Labute approximate surface area is 113 Å². The van der Waals surface area contributed by atoms with E-state index in [2.05, 4.69) is 11.4 Å². The molecule has 0 heterocycles. The highest BCUT2D eigenvalue weighted by atomic mass is 19.1. The van der Waals surface area contributed by atoms with Crippen LogP contribution in [0.25, 0.3) is 0 Å². The maximum atomic E-state index is 13.6. The van der Waals surface area contributed by atoms with Crippen LogP contribution in [0.5, 0.6) is 0 Å².